The summed E-state index contributed by atoms with van der Waals surface area (Å²) in [5.74, 6) is 0.857. The summed E-state index contributed by atoms with van der Waals surface area (Å²) in [5, 5.41) is 6.79. The van der Waals surface area contributed by atoms with Gasteiger partial charge in [-0.05, 0) is 69.2 Å². The maximum Gasteiger partial charge on any atom is 0.191 e. The van der Waals surface area contributed by atoms with Gasteiger partial charge in [0.1, 0.15) is 0 Å². The van der Waals surface area contributed by atoms with Crippen LogP contribution in [0.1, 0.15) is 42.0 Å². The van der Waals surface area contributed by atoms with Crippen molar-refractivity contribution in [3.8, 4) is 0 Å². The molecule has 2 N–H and O–H groups in total. The Hall–Kier alpha value is -2.37. The molecule has 0 aliphatic carbocycles. The van der Waals surface area contributed by atoms with Crippen LogP contribution in [0.15, 0.2) is 53.5 Å². The molecule has 30 heavy (non-hydrogen) atoms. The lowest BCUT2D eigenvalue weighted by Crippen LogP contribution is -2.36. The maximum atomic E-state index is 4.77. The van der Waals surface area contributed by atoms with Crippen LogP contribution >= 0.6 is 0 Å². The minimum absolute atomic E-state index is 0.682. The summed E-state index contributed by atoms with van der Waals surface area (Å²) in [6.07, 6.45) is 2.68. The van der Waals surface area contributed by atoms with Crippen LogP contribution in [0.3, 0.4) is 0 Å². The lowest BCUT2D eigenvalue weighted by Gasteiger charge is -2.15. The summed E-state index contributed by atoms with van der Waals surface area (Å²) < 4.78 is 0. The summed E-state index contributed by atoms with van der Waals surface area (Å²) in [6.45, 7) is 8.91. The van der Waals surface area contributed by atoms with Crippen molar-refractivity contribution in [2.45, 2.75) is 45.9 Å². The van der Waals surface area contributed by atoms with E-state index in [0.717, 1.165) is 32.1 Å². The number of aliphatic imine (C=N–C) groups is 1. The van der Waals surface area contributed by atoms with Gasteiger partial charge in [-0.1, -0.05) is 48.5 Å². The summed E-state index contributed by atoms with van der Waals surface area (Å²) >= 11 is 0. The highest BCUT2D eigenvalue weighted by Gasteiger charge is 2.11. The fraction of sp³-hybridized carbons (Fsp3) is 0.480. The van der Waals surface area contributed by atoms with Crippen molar-refractivity contribution in [3.63, 3.8) is 0 Å². The second kappa shape index (κ2) is 11.7. The molecule has 3 rings (SSSR count). The molecule has 5 nitrogen and oxygen atoms in total. The molecule has 1 saturated heterocycles. The number of nitrogens with one attached hydrogen (secondary N) is 2. The third-order valence-electron chi connectivity index (χ3n) is 5.37. The third kappa shape index (κ3) is 7.47. The largest absolute Gasteiger partial charge is 0.357 e. The number of guanidine groups is 1. The Morgan fingerprint density at radius 1 is 0.867 bits per heavy atom. The van der Waals surface area contributed by atoms with Gasteiger partial charge < -0.3 is 15.5 Å². The lowest BCUT2D eigenvalue weighted by atomic mass is 10.1. The van der Waals surface area contributed by atoms with E-state index in [2.05, 4.69) is 90.0 Å². The predicted octanol–water partition coefficient (Wildman–Crippen LogP) is 3.60. The molecule has 0 unspecified atom stereocenters. The van der Waals surface area contributed by atoms with Gasteiger partial charge in [-0.15, -0.1) is 0 Å². The molecular weight excluding hydrogens is 370 g/mol. The van der Waals surface area contributed by atoms with E-state index in [1.165, 1.54) is 48.2 Å². The maximum absolute atomic E-state index is 4.77. The highest BCUT2D eigenvalue weighted by molar-refractivity contribution is 5.79. The molecule has 1 heterocycles. The van der Waals surface area contributed by atoms with Gasteiger partial charge in [0.25, 0.3) is 0 Å². The smallest absolute Gasteiger partial charge is 0.191 e. The van der Waals surface area contributed by atoms with Crippen molar-refractivity contribution in [2.24, 2.45) is 4.99 Å². The zero-order chi connectivity index (χ0) is 21.2. The van der Waals surface area contributed by atoms with Crippen molar-refractivity contribution in [3.05, 3.63) is 70.8 Å². The van der Waals surface area contributed by atoms with Crippen LogP contribution in [-0.2, 0) is 26.2 Å². The Kier molecular flexibility index (Phi) is 8.72. The van der Waals surface area contributed by atoms with E-state index in [9.17, 15) is 0 Å². The molecule has 0 aromatic heterocycles. The molecule has 1 aliphatic rings. The van der Waals surface area contributed by atoms with E-state index < -0.39 is 0 Å². The van der Waals surface area contributed by atoms with E-state index >= 15 is 0 Å². The number of benzene rings is 2. The summed E-state index contributed by atoms with van der Waals surface area (Å²) in [7, 11) is 4.19. The van der Waals surface area contributed by atoms with Crippen LogP contribution in [0.4, 0.5) is 0 Å². The Labute approximate surface area is 182 Å². The second-order valence-electron chi connectivity index (χ2n) is 8.40. The van der Waals surface area contributed by atoms with Crippen LogP contribution in [0.2, 0.25) is 0 Å². The number of hydrogen-bond donors (Lipinski definition) is 2. The fourth-order valence-electron chi connectivity index (χ4n) is 3.77. The molecule has 2 aromatic carbocycles. The van der Waals surface area contributed by atoms with Crippen LogP contribution in [0, 0.1) is 0 Å². The molecule has 0 amide bonds. The normalized spacial score (nSPS) is 15.0. The molecule has 0 bridgehead atoms. The van der Waals surface area contributed by atoms with Gasteiger partial charge in [0.2, 0.25) is 0 Å². The molecule has 0 spiro atoms. The zero-order valence-corrected chi connectivity index (χ0v) is 18.8. The third-order valence-corrected chi connectivity index (χ3v) is 5.37. The topological polar surface area (TPSA) is 42.9 Å². The minimum atomic E-state index is 0.682. The summed E-state index contributed by atoms with van der Waals surface area (Å²) in [5.41, 5.74) is 5.23. The standard InChI is InChI=1S/C25H37N5/c1-4-26-25(27-17-21-7-11-23(12-8-21)19-29(2)3)28-18-22-9-13-24(14-10-22)20-30-15-5-6-16-30/h7-14H,4-6,15-20H2,1-3H3,(H2,26,27,28). The van der Waals surface area contributed by atoms with Gasteiger partial charge >= 0.3 is 0 Å². The van der Waals surface area contributed by atoms with Gasteiger partial charge in [0.05, 0.1) is 6.54 Å². The minimum Gasteiger partial charge on any atom is -0.357 e. The molecule has 0 radical (unpaired) electrons. The van der Waals surface area contributed by atoms with Crippen molar-refractivity contribution >= 4 is 5.96 Å². The van der Waals surface area contributed by atoms with Gasteiger partial charge in [-0.3, -0.25) is 4.90 Å². The van der Waals surface area contributed by atoms with Crippen molar-refractivity contribution < 1.29 is 0 Å². The molecule has 0 atom stereocenters. The van der Waals surface area contributed by atoms with E-state index in [0.29, 0.717) is 6.54 Å². The number of rotatable bonds is 9. The summed E-state index contributed by atoms with van der Waals surface area (Å²) in [4.78, 5) is 9.48. The first-order valence-corrected chi connectivity index (χ1v) is 11.2. The molecule has 2 aromatic rings. The predicted molar refractivity (Wildman–Crippen MR) is 126 cm³/mol. The first kappa shape index (κ1) is 22.3. The Morgan fingerprint density at radius 2 is 1.47 bits per heavy atom. The van der Waals surface area contributed by atoms with Gasteiger partial charge in [0.15, 0.2) is 5.96 Å². The van der Waals surface area contributed by atoms with Crippen LogP contribution in [0.5, 0.6) is 0 Å². The monoisotopic (exact) mass is 407 g/mol. The fourth-order valence-corrected chi connectivity index (χ4v) is 3.77. The molecule has 0 saturated carbocycles. The molecule has 1 aliphatic heterocycles. The second-order valence-corrected chi connectivity index (χ2v) is 8.40. The lowest BCUT2D eigenvalue weighted by molar-refractivity contribution is 0.331. The highest BCUT2D eigenvalue weighted by Crippen LogP contribution is 2.13. The van der Waals surface area contributed by atoms with Gasteiger partial charge in [-0.2, -0.15) is 0 Å². The Balaban J connectivity index is 1.51. The first-order chi connectivity index (χ1) is 14.6. The Bertz CT molecular complexity index is 774. The molecule has 5 heteroatoms. The van der Waals surface area contributed by atoms with E-state index in [-0.39, 0.29) is 0 Å². The molecule has 1 fully saturated rings. The molecular formula is C25H37N5. The van der Waals surface area contributed by atoms with Crippen molar-refractivity contribution in [1.29, 1.82) is 0 Å². The zero-order valence-electron chi connectivity index (χ0n) is 18.8. The summed E-state index contributed by atoms with van der Waals surface area (Å²) in [6, 6.07) is 17.7. The average Bonchev–Trinajstić information content (AvgIpc) is 3.25. The SMILES string of the molecule is CCNC(=NCc1ccc(CN2CCCC2)cc1)NCc1ccc(CN(C)C)cc1. The van der Waals surface area contributed by atoms with Crippen LogP contribution in [0.25, 0.3) is 0 Å². The quantitative estimate of drug-likeness (QED) is 0.492. The molecule has 162 valence electrons. The van der Waals surface area contributed by atoms with E-state index in [4.69, 9.17) is 4.99 Å². The Morgan fingerprint density at radius 3 is 2.10 bits per heavy atom. The van der Waals surface area contributed by atoms with Crippen LogP contribution in [-0.4, -0.2) is 49.5 Å². The average molecular weight is 408 g/mol. The van der Waals surface area contributed by atoms with E-state index in [1.807, 2.05) is 0 Å². The number of nitrogens with zero attached hydrogens (tertiary/aromatic N) is 3. The number of hydrogen-bond acceptors (Lipinski definition) is 3. The van der Waals surface area contributed by atoms with Crippen molar-refractivity contribution in [2.75, 3.05) is 33.7 Å². The van der Waals surface area contributed by atoms with Gasteiger partial charge in [-0.25, -0.2) is 4.99 Å². The number of likely N-dealkylation sites (tertiary alicyclic amines) is 1. The van der Waals surface area contributed by atoms with Gasteiger partial charge in [0, 0.05) is 26.2 Å². The highest BCUT2D eigenvalue weighted by atomic mass is 15.2. The first-order valence-electron chi connectivity index (χ1n) is 11.2. The van der Waals surface area contributed by atoms with Crippen molar-refractivity contribution in [1.82, 2.24) is 20.4 Å². The van der Waals surface area contributed by atoms with Crippen LogP contribution < -0.4 is 10.6 Å². The van der Waals surface area contributed by atoms with E-state index in [1.54, 1.807) is 0 Å².